The number of nitrogens with zero attached hydrogens (tertiary/aromatic N) is 4. The summed E-state index contributed by atoms with van der Waals surface area (Å²) < 4.78 is 8.13. The van der Waals surface area contributed by atoms with E-state index in [2.05, 4.69) is 292 Å². The zero-order chi connectivity index (χ0) is 73.0. The molecule has 7 aromatic carbocycles. The molecule has 0 N–H and O–H groups in total. The maximum atomic E-state index is 2.75. The molecule has 546 valence electrons. The molecule has 5 unspecified atom stereocenters. The van der Waals surface area contributed by atoms with E-state index in [9.17, 15) is 0 Å². The van der Waals surface area contributed by atoms with E-state index in [1.807, 2.05) is 0 Å². The number of fused-ring (bicyclic) bond motifs is 22. The van der Waals surface area contributed by atoms with Gasteiger partial charge in [0.2, 0.25) is 0 Å². The number of hydrogen-bond donors (Lipinski definition) is 0. The highest BCUT2D eigenvalue weighted by atomic mass is 15.2. The van der Waals surface area contributed by atoms with Crippen molar-refractivity contribution in [3.05, 3.63) is 333 Å². The molecule has 0 spiro atoms. The van der Waals surface area contributed by atoms with Crippen LogP contribution in [0.3, 0.4) is 0 Å². The fourth-order valence-corrected chi connectivity index (χ4v) is 22.8. The van der Waals surface area contributed by atoms with Crippen molar-refractivity contribution in [2.75, 3.05) is 18.0 Å². The Morgan fingerprint density at radius 1 is 0.342 bits per heavy atom. The fraction of sp³-hybridized carbons (Fsp3) is 0.271. The predicted octanol–water partition coefficient (Wildman–Crippen LogP) is 28.5. The molecule has 1 saturated heterocycles. The lowest BCUT2D eigenvalue weighted by Crippen LogP contribution is -2.31. The molecular formula is C107H98N4. The second-order valence-corrected chi connectivity index (χ2v) is 34.2. The van der Waals surface area contributed by atoms with Gasteiger partial charge in [-0.25, -0.2) is 0 Å². The van der Waals surface area contributed by atoms with Crippen LogP contribution in [0.25, 0.3) is 118 Å². The third-order valence-corrected chi connectivity index (χ3v) is 27.8. The van der Waals surface area contributed by atoms with Crippen LogP contribution in [0.15, 0.2) is 288 Å². The van der Waals surface area contributed by atoms with Crippen molar-refractivity contribution < 1.29 is 0 Å². The number of allylic oxidation sites excluding steroid dienone is 26. The smallest absolute Gasteiger partial charge is 0.0709 e. The second-order valence-electron chi connectivity index (χ2n) is 34.2. The van der Waals surface area contributed by atoms with Gasteiger partial charge in [-0.3, -0.25) is 0 Å². The van der Waals surface area contributed by atoms with E-state index >= 15 is 0 Å². The fourth-order valence-electron chi connectivity index (χ4n) is 22.8. The van der Waals surface area contributed by atoms with Crippen molar-refractivity contribution in [2.24, 2.45) is 17.8 Å². The zero-order valence-electron chi connectivity index (χ0n) is 64.1. The van der Waals surface area contributed by atoms with E-state index in [1.165, 1.54) is 234 Å². The summed E-state index contributed by atoms with van der Waals surface area (Å²) in [5, 5.41) is 4.05. The Morgan fingerprint density at radius 2 is 0.892 bits per heavy atom. The maximum Gasteiger partial charge on any atom is 0.0709 e. The van der Waals surface area contributed by atoms with Gasteiger partial charge in [-0.2, -0.15) is 0 Å². The highest BCUT2D eigenvalue weighted by Crippen LogP contribution is 2.53. The van der Waals surface area contributed by atoms with Crippen LogP contribution in [-0.2, 0) is 0 Å². The molecule has 3 aromatic heterocycles. The summed E-state index contributed by atoms with van der Waals surface area (Å²) in [6.07, 6.45) is 76.7. The summed E-state index contributed by atoms with van der Waals surface area (Å²) in [7, 11) is 0. The molecule has 22 rings (SSSR count). The normalized spacial score (nSPS) is 26.4. The Morgan fingerprint density at radius 3 is 1.66 bits per heavy atom. The van der Waals surface area contributed by atoms with Crippen LogP contribution in [0, 0.1) is 17.8 Å². The number of benzene rings is 7. The molecule has 2 aliphatic heterocycles. The van der Waals surface area contributed by atoms with Crippen molar-refractivity contribution in [1.29, 1.82) is 0 Å². The number of piperidine rings is 1. The Bertz CT molecular complexity index is 6070. The standard InChI is InChI=1S/C107H98N4/c1-4-34-76-60-70(24-1)25-2-7-39-86(76)92-45-14-11-41-88(92)79-54-57-100-97(64-79)106-91-44-9-5-33-75(91)36-22-51-103(106)110(100)83-66-82(109-99-56-53-78(63-96(99)105-81-38-18-28-72(62-81)29-19-50-102(105)109)90-43-13-16-48-95(90)94-47-10-6-32-74-35-21-49-85(74)94)67-84(68-83)111-101-58-55-80(65-98(101)107-104(111)52-20-30-73-31-23-59-108(107)69-73)89-42-12-15-46-93(89)87-40-8-3-26-71-27-17-37-77(87)61-71/h2-3,6-8,10-16,19-20,22,25-26,29-30,32,36,39-43,45-48,50-58,63-68,71,74,76,81,91H,1,4-5,9,17-18,21,23-24,27-28,31,33-35,37-38,44,49,59-62,69H2/b7-2-,26-3-,40-8-,50-19-,52-20-,70-25-,72-29-,73-30-,86-39+,87-77-. The number of rotatable bonds is 9. The molecule has 0 amide bonds. The van der Waals surface area contributed by atoms with Gasteiger partial charge >= 0.3 is 0 Å². The summed E-state index contributed by atoms with van der Waals surface area (Å²) in [5.74, 6) is 2.29. The average Bonchev–Trinajstić information content (AvgIpc) is 1.57. The van der Waals surface area contributed by atoms with Crippen LogP contribution < -0.4 is 4.90 Å². The van der Waals surface area contributed by atoms with E-state index < -0.39 is 0 Å². The quantitative estimate of drug-likeness (QED) is 0.141. The average molecular weight is 1440 g/mol. The summed E-state index contributed by atoms with van der Waals surface area (Å²) in [6, 6.07) is 58.7. The minimum Gasteiger partial charge on any atom is -0.365 e. The molecule has 12 aliphatic rings. The lowest BCUT2D eigenvalue weighted by atomic mass is 9.78. The van der Waals surface area contributed by atoms with Crippen LogP contribution in [0.2, 0.25) is 0 Å². The van der Waals surface area contributed by atoms with Crippen LogP contribution in [0.4, 0.5) is 5.69 Å². The minimum atomic E-state index is 0.310. The topological polar surface area (TPSA) is 18.0 Å². The molecule has 10 aromatic rings. The van der Waals surface area contributed by atoms with E-state index in [0.29, 0.717) is 29.6 Å². The predicted molar refractivity (Wildman–Crippen MR) is 470 cm³/mol. The first kappa shape index (κ1) is 67.0. The maximum absolute atomic E-state index is 2.75. The largest absolute Gasteiger partial charge is 0.365 e. The third kappa shape index (κ3) is 11.7. The van der Waals surface area contributed by atoms with Gasteiger partial charge in [0.25, 0.3) is 0 Å². The van der Waals surface area contributed by atoms with Gasteiger partial charge in [-0.15, -0.1) is 0 Å². The first-order valence-electron chi connectivity index (χ1n) is 42.6. The van der Waals surface area contributed by atoms with Gasteiger partial charge in [0.15, 0.2) is 0 Å². The SMILES string of the molecule is C1=CC(c2ccccc2-c2ccc3c(c2)c2c(n3-c3cc(-n4c5c(c6cc(-c7ccccc7/C7=C/C=C\C=C8\CCCCC7C8)ccc64)C4CCCCC4=CC=C5)cc(-n4c5c(c6cc(-c7ccccc7C7=C8/CCCC(\C=C/C=C\7)C8)ccc64)N4CCC/C(=C/C=C\5)C4)c3)/C=C\C=C3\CCCC2C3)=C2CCCC2C=C1. The van der Waals surface area contributed by atoms with E-state index in [4.69, 9.17) is 0 Å². The number of aromatic nitrogens is 3. The molecular weight excluding hydrogens is 1340 g/mol. The zero-order valence-corrected chi connectivity index (χ0v) is 64.1. The summed E-state index contributed by atoms with van der Waals surface area (Å²) in [4.78, 5) is 2.75. The molecule has 4 heteroatoms. The monoisotopic (exact) mass is 1440 g/mol. The summed E-state index contributed by atoms with van der Waals surface area (Å²) >= 11 is 0. The molecule has 111 heavy (non-hydrogen) atoms. The lowest BCUT2D eigenvalue weighted by molar-refractivity contribution is 0.496. The van der Waals surface area contributed by atoms with Crippen molar-refractivity contribution in [1.82, 2.24) is 13.7 Å². The van der Waals surface area contributed by atoms with Gasteiger partial charge in [0.05, 0.1) is 56.4 Å². The van der Waals surface area contributed by atoms with Crippen LogP contribution in [0.1, 0.15) is 198 Å². The molecule has 5 heterocycles. The van der Waals surface area contributed by atoms with Crippen molar-refractivity contribution in [2.45, 2.75) is 153 Å². The number of anilines is 1. The highest BCUT2D eigenvalue weighted by Gasteiger charge is 2.35. The Labute approximate surface area is 655 Å². The first-order valence-corrected chi connectivity index (χ1v) is 42.6. The molecule has 8 bridgehead atoms. The molecule has 4 nitrogen and oxygen atoms in total. The van der Waals surface area contributed by atoms with Gasteiger partial charge in [0, 0.05) is 35.2 Å². The van der Waals surface area contributed by atoms with Gasteiger partial charge < -0.3 is 18.6 Å². The second kappa shape index (κ2) is 28.1. The van der Waals surface area contributed by atoms with E-state index in [-0.39, 0.29) is 0 Å². The van der Waals surface area contributed by atoms with Crippen LogP contribution in [0.5, 0.6) is 0 Å². The lowest BCUT2D eigenvalue weighted by Gasteiger charge is -2.32. The van der Waals surface area contributed by atoms with Gasteiger partial charge in [-0.1, -0.05) is 247 Å². The molecule has 6 fully saturated rings. The molecule has 5 atom stereocenters. The Kier molecular flexibility index (Phi) is 17.0. The molecule has 5 saturated carbocycles. The first-order chi connectivity index (χ1) is 55.0. The molecule has 10 aliphatic carbocycles. The van der Waals surface area contributed by atoms with Gasteiger partial charge in [0.1, 0.15) is 0 Å². The van der Waals surface area contributed by atoms with E-state index in [1.54, 1.807) is 27.9 Å². The Balaban J connectivity index is 0.803. The highest BCUT2D eigenvalue weighted by molar-refractivity contribution is 6.05. The number of hydrogen-bond acceptors (Lipinski definition) is 1. The minimum absolute atomic E-state index is 0.310. The van der Waals surface area contributed by atoms with Crippen molar-refractivity contribution in [3.8, 4) is 50.4 Å². The van der Waals surface area contributed by atoms with Crippen molar-refractivity contribution in [3.63, 3.8) is 0 Å². The third-order valence-electron chi connectivity index (χ3n) is 27.8. The van der Waals surface area contributed by atoms with Gasteiger partial charge in [-0.05, 0) is 303 Å². The summed E-state index contributed by atoms with van der Waals surface area (Å²) in [5.41, 5.74) is 41.1. The Hall–Kier alpha value is -10.9. The summed E-state index contributed by atoms with van der Waals surface area (Å²) in [6.45, 7) is 1.93. The molecule has 0 radical (unpaired) electrons. The van der Waals surface area contributed by atoms with Crippen LogP contribution >= 0.6 is 0 Å². The van der Waals surface area contributed by atoms with Crippen LogP contribution in [-0.4, -0.2) is 26.8 Å². The van der Waals surface area contributed by atoms with Crippen molar-refractivity contribution >= 4 is 73.3 Å². The van der Waals surface area contributed by atoms with E-state index in [0.717, 1.165) is 76.6 Å².